The van der Waals surface area contributed by atoms with Gasteiger partial charge in [0.25, 0.3) is 0 Å². The fourth-order valence-corrected chi connectivity index (χ4v) is 5.87. The number of carbonyl (C=O) groups excluding carboxylic acids is 2. The fourth-order valence-electron chi connectivity index (χ4n) is 5.87. The first-order valence-corrected chi connectivity index (χ1v) is 21.0. The van der Waals surface area contributed by atoms with Crippen LogP contribution in [0.4, 0.5) is 0 Å². The summed E-state index contributed by atoms with van der Waals surface area (Å²) in [5, 5.41) is 27.3. The van der Waals surface area contributed by atoms with Gasteiger partial charge in [0.15, 0.2) is 0 Å². The molecule has 0 bridgehead atoms. The van der Waals surface area contributed by atoms with E-state index in [1.165, 1.54) is 11.1 Å². The van der Waals surface area contributed by atoms with Crippen molar-refractivity contribution in [1.82, 2.24) is 0 Å². The van der Waals surface area contributed by atoms with Crippen LogP contribution < -0.4 is 18.9 Å². The summed E-state index contributed by atoms with van der Waals surface area (Å²) in [7, 11) is 0. The van der Waals surface area contributed by atoms with Crippen LogP contribution in [0.25, 0.3) is 0 Å². The van der Waals surface area contributed by atoms with E-state index in [0.29, 0.717) is 24.7 Å². The first kappa shape index (κ1) is 51.2. The monoisotopic (exact) mass is 896 g/mol. The minimum absolute atomic E-state index is 0.0139. The van der Waals surface area contributed by atoms with Gasteiger partial charge < -0.3 is 53.2 Å². The van der Waals surface area contributed by atoms with Crippen molar-refractivity contribution in [3.63, 3.8) is 0 Å². The van der Waals surface area contributed by atoms with Gasteiger partial charge in [0.1, 0.15) is 87.1 Å². The first-order valence-electron chi connectivity index (χ1n) is 21.0. The van der Waals surface area contributed by atoms with Gasteiger partial charge in [-0.05, 0) is 70.8 Å². The number of esters is 2. The minimum atomic E-state index is -0.981. The molecule has 2 fully saturated rings. The van der Waals surface area contributed by atoms with Gasteiger partial charge in [0.05, 0.1) is 13.2 Å². The van der Waals surface area contributed by atoms with E-state index >= 15 is 0 Å². The van der Waals surface area contributed by atoms with Crippen molar-refractivity contribution in [2.45, 2.75) is 62.9 Å². The van der Waals surface area contributed by atoms with Gasteiger partial charge in [0.2, 0.25) is 0 Å². The zero-order chi connectivity index (χ0) is 47.4. The summed E-state index contributed by atoms with van der Waals surface area (Å²) < 4.78 is 42.5. The zero-order valence-corrected chi connectivity index (χ0v) is 37.4. The van der Waals surface area contributed by atoms with Crippen molar-refractivity contribution in [3.05, 3.63) is 157 Å². The summed E-state index contributed by atoms with van der Waals surface area (Å²) in [6, 6.07) is 31.7. The summed E-state index contributed by atoms with van der Waals surface area (Å²) >= 11 is 0. The lowest BCUT2D eigenvalue weighted by Gasteiger charge is -2.26. The number of benzene rings is 4. The highest BCUT2D eigenvalue weighted by Gasteiger charge is 2.27. The number of aliphatic hydroxyl groups excluding tert-OH is 2. The number of carboxylic acids is 1. The third-order valence-electron chi connectivity index (χ3n) is 10.2. The predicted molar refractivity (Wildman–Crippen MR) is 244 cm³/mol. The highest BCUT2D eigenvalue weighted by molar-refractivity contribution is 5.81. The molecule has 65 heavy (non-hydrogen) atoms. The maximum Gasteiger partial charge on any atom is 0.330 e. The highest BCUT2D eigenvalue weighted by Crippen LogP contribution is 2.35. The molecule has 4 atom stereocenters. The molecule has 2 saturated heterocycles. The molecule has 14 heteroatoms. The van der Waals surface area contributed by atoms with Crippen molar-refractivity contribution in [2.75, 3.05) is 52.9 Å². The van der Waals surface area contributed by atoms with E-state index in [9.17, 15) is 24.6 Å². The standard InChI is InChI=1S/C27H32O8.C21H24O4.C3H4O2/c1-5-25(30)34-17-21(28)15-32-23-11-7-19(8-12-23)27(3,4)20-9-13-24(14-10-20)33-16-22(29)18-35-26(31)6-2;1-21(2,15-3-7-17(8-4-15)22-11-19-13-24-19)16-5-9-18(10-6-16)23-12-20-14-25-20;1-2-3(4)5/h5-14,21-22,28-29H,1-2,15-18H2,3-4H3;3-10,19-20H,11-14H2,1-2H3;2H,1H2,(H,4,5). The summed E-state index contributed by atoms with van der Waals surface area (Å²) in [4.78, 5) is 31.3. The maximum atomic E-state index is 11.0. The fraction of sp³-hybridized carbons (Fsp3) is 0.353. The van der Waals surface area contributed by atoms with Gasteiger partial charge in [-0.2, -0.15) is 0 Å². The maximum absolute atomic E-state index is 11.0. The van der Waals surface area contributed by atoms with Crippen LogP contribution >= 0.6 is 0 Å². The molecule has 6 rings (SSSR count). The Balaban J connectivity index is 0.000000267. The van der Waals surface area contributed by atoms with E-state index in [4.69, 9.17) is 43.0 Å². The van der Waals surface area contributed by atoms with Gasteiger partial charge in [0, 0.05) is 29.1 Å². The average Bonchev–Trinajstić information content (AvgIpc) is 4.28. The Morgan fingerprint density at radius 1 is 0.538 bits per heavy atom. The quantitative estimate of drug-likeness (QED) is 0.0401. The molecule has 0 aliphatic carbocycles. The largest absolute Gasteiger partial charge is 0.491 e. The molecule has 2 aliphatic heterocycles. The summed E-state index contributed by atoms with van der Waals surface area (Å²) in [6.07, 6.45) is 1.57. The Bertz CT molecular complexity index is 1980. The molecule has 348 valence electrons. The molecule has 4 unspecified atom stereocenters. The van der Waals surface area contributed by atoms with Gasteiger partial charge in [-0.1, -0.05) is 96.0 Å². The molecule has 0 amide bonds. The Labute approximate surface area is 380 Å². The number of hydrogen-bond donors (Lipinski definition) is 3. The predicted octanol–water partition coefficient (Wildman–Crippen LogP) is 6.78. The minimum Gasteiger partial charge on any atom is -0.491 e. The molecule has 14 nitrogen and oxygen atoms in total. The third-order valence-corrected chi connectivity index (χ3v) is 10.2. The van der Waals surface area contributed by atoms with E-state index in [0.717, 1.165) is 54.1 Å². The lowest BCUT2D eigenvalue weighted by molar-refractivity contribution is -0.142. The van der Waals surface area contributed by atoms with Crippen molar-refractivity contribution in [3.8, 4) is 23.0 Å². The van der Waals surface area contributed by atoms with Crippen LogP contribution in [0.15, 0.2) is 135 Å². The lowest BCUT2D eigenvalue weighted by Crippen LogP contribution is -2.25. The van der Waals surface area contributed by atoms with E-state index in [1.54, 1.807) is 0 Å². The Hall–Kier alpha value is -6.45. The number of rotatable bonds is 23. The van der Waals surface area contributed by atoms with E-state index in [2.05, 4.69) is 71.7 Å². The number of hydrogen-bond acceptors (Lipinski definition) is 13. The van der Waals surface area contributed by atoms with E-state index in [1.807, 2.05) is 72.8 Å². The van der Waals surface area contributed by atoms with Gasteiger partial charge in [-0.25, -0.2) is 14.4 Å². The van der Waals surface area contributed by atoms with Gasteiger partial charge in [-0.15, -0.1) is 0 Å². The molecule has 4 aromatic rings. The molecule has 0 aromatic heterocycles. The molecule has 2 heterocycles. The Morgan fingerprint density at radius 2 is 0.800 bits per heavy atom. The second-order valence-electron chi connectivity index (χ2n) is 16.0. The molecule has 3 N–H and O–H groups in total. The van der Waals surface area contributed by atoms with Gasteiger partial charge in [-0.3, -0.25) is 0 Å². The number of epoxide rings is 2. The average molecular weight is 897 g/mol. The number of ether oxygens (including phenoxy) is 8. The summed E-state index contributed by atoms with van der Waals surface area (Å²) in [5.74, 6) is 0.769. The first-order chi connectivity index (χ1) is 31.0. The summed E-state index contributed by atoms with van der Waals surface area (Å²) in [5.41, 5.74) is 4.21. The van der Waals surface area contributed by atoms with Crippen molar-refractivity contribution in [1.29, 1.82) is 0 Å². The molecule has 0 spiro atoms. The van der Waals surface area contributed by atoms with Crippen LogP contribution in [0.1, 0.15) is 49.9 Å². The van der Waals surface area contributed by atoms with Crippen LogP contribution in [0.3, 0.4) is 0 Å². The van der Waals surface area contributed by atoms with Crippen molar-refractivity contribution >= 4 is 17.9 Å². The Kier molecular flexibility index (Phi) is 19.8. The molecule has 4 aromatic carbocycles. The second-order valence-corrected chi connectivity index (χ2v) is 16.0. The SMILES string of the molecule is C=CC(=O)O.C=CC(=O)OCC(O)COc1ccc(C(C)(C)c2ccc(OCC(O)COC(=O)C=C)cc2)cc1.CC(C)(c1ccc(OCC2CO2)cc1)c1ccc(OCC2CO2)cc1. The normalized spacial score (nSPS) is 15.7. The van der Waals surface area contributed by atoms with E-state index in [-0.39, 0.29) is 49.5 Å². The van der Waals surface area contributed by atoms with E-state index < -0.39 is 30.1 Å². The third kappa shape index (κ3) is 17.9. The molecule has 0 saturated carbocycles. The number of carboxylic acid groups (broad SMARTS) is 1. The number of carbonyl (C=O) groups is 3. The molecular weight excluding hydrogens is 837 g/mol. The van der Waals surface area contributed by atoms with Crippen molar-refractivity contribution < 1.29 is 67.6 Å². The van der Waals surface area contributed by atoms with Gasteiger partial charge >= 0.3 is 17.9 Å². The second kappa shape index (κ2) is 25.1. The van der Waals surface area contributed by atoms with Crippen molar-refractivity contribution in [2.24, 2.45) is 0 Å². The van der Waals surface area contributed by atoms with Crippen LogP contribution in [0, 0.1) is 0 Å². The number of aliphatic hydroxyl groups is 2. The topological polar surface area (TPSA) is 192 Å². The molecular formula is C51H60O14. The smallest absolute Gasteiger partial charge is 0.330 e. The Morgan fingerprint density at radius 3 is 1.03 bits per heavy atom. The lowest BCUT2D eigenvalue weighted by atomic mass is 9.78. The number of aliphatic carboxylic acids is 1. The summed E-state index contributed by atoms with van der Waals surface area (Å²) in [6.45, 7) is 20.7. The van der Waals surface area contributed by atoms with Crippen LogP contribution in [-0.4, -0.2) is 110 Å². The van der Waals surface area contributed by atoms with Crippen LogP contribution in [0.5, 0.6) is 23.0 Å². The highest BCUT2D eigenvalue weighted by atomic mass is 16.6. The molecule has 0 radical (unpaired) electrons. The van der Waals surface area contributed by atoms with Crippen LogP contribution in [0.2, 0.25) is 0 Å². The van der Waals surface area contributed by atoms with Crippen LogP contribution in [-0.2, 0) is 44.2 Å². The molecule has 2 aliphatic rings. The zero-order valence-electron chi connectivity index (χ0n) is 37.4.